The second-order valence-corrected chi connectivity index (χ2v) is 2.54. The number of methoxy groups -OCH3 is 2. The third kappa shape index (κ3) is 1.70. The Morgan fingerprint density at radius 1 is 1.27 bits per heavy atom. The minimum Gasteiger partial charge on any atom is -0.346 e. The molecule has 11 heavy (non-hydrogen) atoms. The molecule has 2 heteroatoms. The first-order chi connectivity index (χ1) is 5.22. The minimum atomic E-state index is -0.640. The molecule has 2 nitrogen and oxygen atoms in total. The van der Waals surface area contributed by atoms with Crippen molar-refractivity contribution in [3.63, 3.8) is 0 Å². The highest BCUT2D eigenvalue weighted by molar-refractivity contribution is 5.31. The van der Waals surface area contributed by atoms with Crippen LogP contribution in [0.4, 0.5) is 0 Å². The van der Waals surface area contributed by atoms with Gasteiger partial charge in [-0.2, -0.15) is 0 Å². The summed E-state index contributed by atoms with van der Waals surface area (Å²) in [6.07, 6.45) is 7.76. The van der Waals surface area contributed by atoms with E-state index in [0.29, 0.717) is 0 Å². The Labute approximate surface area is 67.5 Å². The van der Waals surface area contributed by atoms with Crippen LogP contribution in [0.25, 0.3) is 0 Å². The quantitative estimate of drug-likeness (QED) is 0.562. The van der Waals surface area contributed by atoms with Crippen LogP contribution in [0, 0.1) is 6.42 Å². The predicted molar refractivity (Wildman–Crippen MR) is 43.9 cm³/mol. The van der Waals surface area contributed by atoms with Crippen LogP contribution in [0.1, 0.15) is 6.92 Å². The van der Waals surface area contributed by atoms with Gasteiger partial charge < -0.3 is 9.47 Å². The lowest BCUT2D eigenvalue weighted by atomic mass is 10.0. The maximum Gasteiger partial charge on any atom is 0.207 e. The standard InChI is InChI=1S/C9H13O2/c1-8-5-4-6-9(7-8,10-2)11-3/h4-7H,1-3H3. The fourth-order valence-electron chi connectivity index (χ4n) is 1.08. The fourth-order valence-corrected chi connectivity index (χ4v) is 1.08. The lowest BCUT2D eigenvalue weighted by Crippen LogP contribution is -2.30. The highest BCUT2D eigenvalue weighted by atomic mass is 16.7. The van der Waals surface area contributed by atoms with Crippen LogP contribution in [0.15, 0.2) is 23.8 Å². The fraction of sp³-hybridized carbons (Fsp3) is 0.444. The summed E-state index contributed by atoms with van der Waals surface area (Å²) in [5.74, 6) is -0.640. The molecule has 0 aromatic carbocycles. The van der Waals surface area contributed by atoms with Gasteiger partial charge >= 0.3 is 0 Å². The second-order valence-electron chi connectivity index (χ2n) is 2.54. The Bertz CT molecular complexity index is 188. The average molecular weight is 153 g/mol. The van der Waals surface area contributed by atoms with Crippen LogP contribution in [0.3, 0.4) is 0 Å². The van der Waals surface area contributed by atoms with Crippen molar-refractivity contribution in [1.29, 1.82) is 0 Å². The molecule has 1 aliphatic carbocycles. The van der Waals surface area contributed by atoms with E-state index in [1.54, 1.807) is 14.2 Å². The van der Waals surface area contributed by atoms with Crippen molar-refractivity contribution in [2.75, 3.05) is 14.2 Å². The monoisotopic (exact) mass is 153 g/mol. The number of hydrogen-bond donors (Lipinski definition) is 0. The number of allylic oxidation sites excluding steroid dienone is 2. The minimum absolute atomic E-state index is 0.640. The predicted octanol–water partition coefficient (Wildman–Crippen LogP) is 1.70. The van der Waals surface area contributed by atoms with Crippen molar-refractivity contribution < 1.29 is 9.47 Å². The third-order valence-corrected chi connectivity index (χ3v) is 1.75. The maximum absolute atomic E-state index is 5.19. The molecular formula is C9H13O2. The molecule has 0 aromatic rings. The molecule has 0 heterocycles. The van der Waals surface area contributed by atoms with Gasteiger partial charge in [0.2, 0.25) is 5.79 Å². The van der Waals surface area contributed by atoms with E-state index in [9.17, 15) is 0 Å². The Hall–Kier alpha value is -0.600. The van der Waals surface area contributed by atoms with Crippen molar-refractivity contribution in [3.05, 3.63) is 30.2 Å². The summed E-state index contributed by atoms with van der Waals surface area (Å²) >= 11 is 0. The summed E-state index contributed by atoms with van der Waals surface area (Å²) < 4.78 is 10.4. The van der Waals surface area contributed by atoms with Crippen LogP contribution >= 0.6 is 0 Å². The van der Waals surface area contributed by atoms with E-state index in [1.165, 1.54) is 0 Å². The van der Waals surface area contributed by atoms with Crippen LogP contribution in [-0.4, -0.2) is 20.0 Å². The molecule has 61 valence electrons. The molecule has 0 aromatic heterocycles. The largest absolute Gasteiger partial charge is 0.346 e. The smallest absolute Gasteiger partial charge is 0.207 e. The van der Waals surface area contributed by atoms with E-state index in [4.69, 9.17) is 9.47 Å². The van der Waals surface area contributed by atoms with Crippen LogP contribution in [-0.2, 0) is 9.47 Å². The average Bonchev–Trinajstić information content (AvgIpc) is 2.04. The topological polar surface area (TPSA) is 18.5 Å². The molecular weight excluding hydrogens is 140 g/mol. The molecule has 0 unspecified atom stereocenters. The Balaban J connectivity index is 2.82. The van der Waals surface area contributed by atoms with Gasteiger partial charge in [0.1, 0.15) is 0 Å². The van der Waals surface area contributed by atoms with Gasteiger partial charge in [0.05, 0.1) is 0 Å². The molecule has 0 spiro atoms. The lowest BCUT2D eigenvalue weighted by Gasteiger charge is -2.26. The van der Waals surface area contributed by atoms with E-state index >= 15 is 0 Å². The second kappa shape index (κ2) is 3.20. The first-order valence-electron chi connectivity index (χ1n) is 3.55. The van der Waals surface area contributed by atoms with Gasteiger partial charge in [-0.25, -0.2) is 0 Å². The van der Waals surface area contributed by atoms with E-state index < -0.39 is 5.79 Å². The molecule has 1 rings (SSSR count). The molecule has 0 bridgehead atoms. The molecule has 0 saturated heterocycles. The van der Waals surface area contributed by atoms with Crippen molar-refractivity contribution in [2.45, 2.75) is 12.7 Å². The van der Waals surface area contributed by atoms with Gasteiger partial charge in [-0.15, -0.1) is 0 Å². The summed E-state index contributed by atoms with van der Waals surface area (Å²) in [6, 6.07) is 0. The van der Waals surface area contributed by atoms with E-state index in [2.05, 4.69) is 0 Å². The van der Waals surface area contributed by atoms with E-state index in [-0.39, 0.29) is 0 Å². The molecule has 0 amide bonds. The van der Waals surface area contributed by atoms with Gasteiger partial charge in [-0.05, 0) is 19.1 Å². The van der Waals surface area contributed by atoms with Crippen LogP contribution in [0.2, 0.25) is 0 Å². The zero-order valence-corrected chi connectivity index (χ0v) is 7.13. The Morgan fingerprint density at radius 2 is 1.91 bits per heavy atom. The molecule has 1 aliphatic rings. The Morgan fingerprint density at radius 3 is 2.27 bits per heavy atom. The molecule has 0 aliphatic heterocycles. The molecule has 0 atom stereocenters. The van der Waals surface area contributed by atoms with Gasteiger partial charge in [0.25, 0.3) is 0 Å². The normalized spacial score (nSPS) is 21.5. The summed E-state index contributed by atoms with van der Waals surface area (Å²) in [6.45, 7) is 2.01. The summed E-state index contributed by atoms with van der Waals surface area (Å²) in [7, 11) is 3.26. The van der Waals surface area contributed by atoms with Crippen LogP contribution < -0.4 is 0 Å². The van der Waals surface area contributed by atoms with Gasteiger partial charge in [0.15, 0.2) is 0 Å². The zero-order valence-electron chi connectivity index (χ0n) is 7.13. The first kappa shape index (κ1) is 8.50. The number of hydrogen-bond acceptors (Lipinski definition) is 2. The van der Waals surface area contributed by atoms with E-state index in [0.717, 1.165) is 5.57 Å². The van der Waals surface area contributed by atoms with Gasteiger partial charge in [-0.3, -0.25) is 0 Å². The van der Waals surface area contributed by atoms with Crippen molar-refractivity contribution in [2.24, 2.45) is 0 Å². The van der Waals surface area contributed by atoms with Crippen LogP contribution in [0.5, 0.6) is 0 Å². The molecule has 0 fully saturated rings. The van der Waals surface area contributed by atoms with Gasteiger partial charge in [0, 0.05) is 20.6 Å². The van der Waals surface area contributed by atoms with Crippen molar-refractivity contribution in [3.8, 4) is 0 Å². The third-order valence-electron chi connectivity index (χ3n) is 1.75. The summed E-state index contributed by atoms with van der Waals surface area (Å²) in [5.41, 5.74) is 1.15. The first-order valence-corrected chi connectivity index (χ1v) is 3.55. The van der Waals surface area contributed by atoms with Crippen molar-refractivity contribution in [1.82, 2.24) is 0 Å². The van der Waals surface area contributed by atoms with E-state index in [1.807, 2.05) is 31.6 Å². The van der Waals surface area contributed by atoms with Crippen molar-refractivity contribution >= 4 is 0 Å². The van der Waals surface area contributed by atoms with Gasteiger partial charge in [-0.1, -0.05) is 11.6 Å². The highest BCUT2D eigenvalue weighted by Crippen LogP contribution is 2.22. The zero-order chi connectivity index (χ0) is 8.32. The number of ether oxygens (including phenoxy) is 2. The molecule has 0 N–H and O–H groups in total. The summed E-state index contributed by atoms with van der Waals surface area (Å²) in [5, 5.41) is 0. The molecule has 0 saturated carbocycles. The Kier molecular flexibility index (Phi) is 2.47. The number of rotatable bonds is 2. The highest BCUT2D eigenvalue weighted by Gasteiger charge is 2.24. The maximum atomic E-state index is 5.19. The SMILES string of the molecule is COC1(OC)C=C[CH]C(C)=C1. The molecule has 1 radical (unpaired) electrons. The summed E-state index contributed by atoms with van der Waals surface area (Å²) in [4.78, 5) is 0. The lowest BCUT2D eigenvalue weighted by molar-refractivity contribution is -0.134.